The van der Waals surface area contributed by atoms with Crippen LogP contribution in [0.1, 0.15) is 0 Å². The molecule has 0 aliphatic carbocycles. The van der Waals surface area contributed by atoms with Gasteiger partial charge in [0.05, 0.1) is 0 Å². The number of hydrogen-bond donors (Lipinski definition) is 1. The molecule has 1 atom stereocenters. The fourth-order valence-corrected chi connectivity index (χ4v) is 4.63. The highest BCUT2D eigenvalue weighted by Gasteiger charge is 2.45. The molecule has 0 aliphatic rings. The molecule has 0 aromatic rings. The van der Waals surface area contributed by atoms with Gasteiger partial charge >= 0.3 is 17.6 Å². The van der Waals surface area contributed by atoms with Crippen LogP contribution in [0.25, 0.3) is 0 Å². The topological polar surface area (TPSA) is 57.2 Å². The minimum absolute atomic E-state index is 1.37. The maximum absolute atomic E-state index is 9.57. The van der Waals surface area contributed by atoms with E-state index in [2.05, 4.69) is 6.58 Å². The van der Waals surface area contributed by atoms with Crippen LogP contribution >= 0.6 is 0 Å². The average molecular weight is 224 g/mol. The Morgan fingerprint density at radius 2 is 1.62 bits per heavy atom. The van der Waals surface area contributed by atoms with Gasteiger partial charge in [0.2, 0.25) is 0 Å². The summed E-state index contributed by atoms with van der Waals surface area (Å²) in [6.07, 6.45) is 0. The molecule has 0 spiro atoms. The molecule has 0 fully saturated rings. The molecule has 7 heteroatoms. The molecule has 0 saturated heterocycles. The predicted molar refractivity (Wildman–Crippen MR) is 51.9 cm³/mol. The summed E-state index contributed by atoms with van der Waals surface area (Å²) in [5.74, 6) is 0. The average Bonchev–Trinajstić information content (AvgIpc) is 2.14. The lowest BCUT2D eigenvalue weighted by Gasteiger charge is -2.29. The monoisotopic (exact) mass is 224 g/mol. The molecule has 0 saturated carbocycles. The van der Waals surface area contributed by atoms with Crippen LogP contribution in [0.2, 0.25) is 6.55 Å². The molecule has 0 bridgehead atoms. The van der Waals surface area contributed by atoms with Crippen LogP contribution in [-0.2, 0) is 17.4 Å². The van der Waals surface area contributed by atoms with E-state index in [9.17, 15) is 4.80 Å². The highest BCUT2D eigenvalue weighted by atomic mass is 28.5. The van der Waals surface area contributed by atoms with Crippen LogP contribution in [0.4, 0.5) is 0 Å². The quantitative estimate of drug-likeness (QED) is 0.652. The Labute approximate surface area is 80.6 Å². The summed E-state index contributed by atoms with van der Waals surface area (Å²) in [4.78, 5) is 9.57. The van der Waals surface area contributed by atoms with Gasteiger partial charge in [0.1, 0.15) is 0 Å². The highest BCUT2D eigenvalue weighted by molar-refractivity contribution is 6.76. The van der Waals surface area contributed by atoms with Gasteiger partial charge in [0.25, 0.3) is 0 Å². The Hall–Kier alpha value is -0.0262. The van der Waals surface area contributed by atoms with Crippen molar-refractivity contribution in [3.05, 3.63) is 12.3 Å². The van der Waals surface area contributed by atoms with Crippen molar-refractivity contribution in [3.8, 4) is 0 Å². The molecule has 13 heavy (non-hydrogen) atoms. The lowest BCUT2D eigenvalue weighted by Crippen LogP contribution is -2.53. The third kappa shape index (κ3) is 3.69. The zero-order valence-electron chi connectivity index (χ0n) is 8.36. The molecule has 1 N–H and O–H groups in total. The summed E-state index contributed by atoms with van der Waals surface area (Å²) in [5.41, 5.74) is 1.44. The molecule has 0 aromatic heterocycles. The van der Waals surface area contributed by atoms with E-state index < -0.39 is 17.6 Å². The fourth-order valence-electron chi connectivity index (χ4n) is 0.681. The number of hydrogen-bond acceptors (Lipinski definition) is 5. The largest absolute Gasteiger partial charge is 0.521 e. The van der Waals surface area contributed by atoms with Crippen LogP contribution in [0.15, 0.2) is 12.3 Å². The van der Waals surface area contributed by atoms with Crippen molar-refractivity contribution in [3.63, 3.8) is 0 Å². The fraction of sp³-hybridized carbons (Fsp3) is 0.667. The lowest BCUT2D eigenvalue weighted by atomic mass is 11.3. The standard InChI is InChI=1S/C6H16O5Si2/c1-6-13(9-3,10-4)11-12(5,7)8-2/h6-7H,1H2,2-5H3. The Kier molecular flexibility index (Phi) is 4.99. The third-order valence-corrected chi connectivity index (χ3v) is 6.58. The summed E-state index contributed by atoms with van der Waals surface area (Å²) >= 11 is 0. The third-order valence-electron chi connectivity index (χ3n) is 1.53. The minimum Gasteiger partial charge on any atom is -0.390 e. The first-order valence-corrected chi connectivity index (χ1v) is 7.73. The van der Waals surface area contributed by atoms with Crippen molar-refractivity contribution in [1.82, 2.24) is 0 Å². The van der Waals surface area contributed by atoms with Crippen LogP contribution in [0, 0.1) is 0 Å². The van der Waals surface area contributed by atoms with E-state index in [1.807, 2.05) is 0 Å². The van der Waals surface area contributed by atoms with Gasteiger partial charge < -0.3 is 22.2 Å². The van der Waals surface area contributed by atoms with E-state index in [4.69, 9.17) is 17.4 Å². The van der Waals surface area contributed by atoms with Crippen LogP contribution in [-0.4, -0.2) is 43.7 Å². The molecule has 5 nitrogen and oxygen atoms in total. The summed E-state index contributed by atoms with van der Waals surface area (Å²) in [6.45, 7) is 5.02. The SMILES string of the molecule is C=C[Si](OC)(OC)O[Si](C)(O)OC. The summed E-state index contributed by atoms with van der Waals surface area (Å²) < 4.78 is 20.2. The smallest absolute Gasteiger partial charge is 0.390 e. The van der Waals surface area contributed by atoms with E-state index in [1.165, 1.54) is 33.6 Å². The van der Waals surface area contributed by atoms with Gasteiger partial charge in [-0.1, -0.05) is 6.58 Å². The van der Waals surface area contributed by atoms with Gasteiger partial charge in [-0.2, -0.15) is 0 Å². The van der Waals surface area contributed by atoms with E-state index in [-0.39, 0.29) is 0 Å². The number of rotatable bonds is 6. The zero-order chi connectivity index (χ0) is 10.5. The van der Waals surface area contributed by atoms with Gasteiger partial charge in [-0.25, -0.2) is 0 Å². The molecule has 0 amide bonds. The summed E-state index contributed by atoms with van der Waals surface area (Å²) in [5, 5.41) is 0. The van der Waals surface area contributed by atoms with Crippen molar-refractivity contribution >= 4 is 17.6 Å². The summed E-state index contributed by atoms with van der Waals surface area (Å²) in [6, 6.07) is 0. The molecule has 1 unspecified atom stereocenters. The van der Waals surface area contributed by atoms with Crippen molar-refractivity contribution in [2.45, 2.75) is 6.55 Å². The van der Waals surface area contributed by atoms with Crippen LogP contribution in [0.5, 0.6) is 0 Å². The van der Waals surface area contributed by atoms with Crippen LogP contribution in [0.3, 0.4) is 0 Å². The Bertz CT molecular complexity index is 168. The second-order valence-corrected chi connectivity index (χ2v) is 7.87. The van der Waals surface area contributed by atoms with Gasteiger partial charge in [-0.15, -0.1) is 0 Å². The molecule has 0 rings (SSSR count). The van der Waals surface area contributed by atoms with Gasteiger partial charge in [0.15, 0.2) is 0 Å². The van der Waals surface area contributed by atoms with Gasteiger partial charge in [0, 0.05) is 27.9 Å². The van der Waals surface area contributed by atoms with E-state index in [0.717, 1.165) is 0 Å². The van der Waals surface area contributed by atoms with Gasteiger partial charge in [-0.05, 0) is 5.70 Å². The first-order chi connectivity index (χ1) is 5.95. The first-order valence-electron chi connectivity index (χ1n) is 3.67. The first kappa shape index (κ1) is 13.0. The second kappa shape index (κ2) is 5.00. The molecule has 0 heterocycles. The Balaban J connectivity index is 4.50. The summed E-state index contributed by atoms with van der Waals surface area (Å²) in [7, 11) is -1.80. The van der Waals surface area contributed by atoms with E-state index in [1.54, 1.807) is 0 Å². The normalized spacial score (nSPS) is 16.7. The van der Waals surface area contributed by atoms with Crippen LogP contribution < -0.4 is 0 Å². The Morgan fingerprint density at radius 1 is 1.15 bits per heavy atom. The molecular weight excluding hydrogens is 208 g/mol. The van der Waals surface area contributed by atoms with Gasteiger partial charge in [-0.3, -0.25) is 0 Å². The molecule has 78 valence electrons. The van der Waals surface area contributed by atoms with Crippen molar-refractivity contribution in [2.75, 3.05) is 21.3 Å². The highest BCUT2D eigenvalue weighted by Crippen LogP contribution is 2.14. The van der Waals surface area contributed by atoms with E-state index >= 15 is 0 Å². The van der Waals surface area contributed by atoms with Crippen molar-refractivity contribution in [2.24, 2.45) is 0 Å². The van der Waals surface area contributed by atoms with E-state index in [0.29, 0.717) is 0 Å². The second-order valence-electron chi connectivity index (χ2n) is 2.42. The molecule has 0 aliphatic heterocycles. The Morgan fingerprint density at radius 3 is 1.85 bits per heavy atom. The predicted octanol–water partition coefficient (Wildman–Crippen LogP) is 0.167. The zero-order valence-corrected chi connectivity index (χ0v) is 10.4. The lowest BCUT2D eigenvalue weighted by molar-refractivity contribution is 0.115. The molecular formula is C6H16O5Si2. The van der Waals surface area contributed by atoms with Crippen molar-refractivity contribution in [1.29, 1.82) is 0 Å². The molecule has 0 radical (unpaired) electrons. The van der Waals surface area contributed by atoms with Crippen molar-refractivity contribution < 1.29 is 22.2 Å². The minimum atomic E-state index is -3.14. The maximum Gasteiger partial charge on any atom is 0.521 e. The maximum atomic E-state index is 9.57. The molecule has 0 aromatic carbocycles.